The number of hydrogen-bond donors (Lipinski definition) is 0. The average Bonchev–Trinajstić information content (AvgIpc) is 2.19. The van der Waals surface area contributed by atoms with E-state index in [0.29, 0.717) is 17.9 Å². The van der Waals surface area contributed by atoms with Gasteiger partial charge in [-0.3, -0.25) is 4.98 Å². The Morgan fingerprint density at radius 2 is 1.93 bits per heavy atom. The second-order valence-electron chi connectivity index (χ2n) is 3.18. The van der Waals surface area contributed by atoms with E-state index in [1.54, 1.807) is 24.2 Å². The van der Waals surface area contributed by atoms with Crippen LogP contribution in [0.1, 0.15) is 13.3 Å². The van der Waals surface area contributed by atoms with Gasteiger partial charge in [-0.2, -0.15) is 0 Å². The molecule has 0 saturated heterocycles. The van der Waals surface area contributed by atoms with Gasteiger partial charge in [-0.1, -0.05) is 6.92 Å². The predicted octanol–water partition coefficient (Wildman–Crippen LogP) is 2.00. The van der Waals surface area contributed by atoms with Crippen LogP contribution in [0.25, 0.3) is 0 Å². The first kappa shape index (κ1) is 12.5. The normalized spacial score (nSPS) is 11.5. The molecule has 15 heavy (non-hydrogen) atoms. The first-order valence-corrected chi connectivity index (χ1v) is 7.68. The molecule has 0 bridgehead atoms. The summed E-state index contributed by atoms with van der Waals surface area (Å²) in [5, 5.41) is 0. The van der Waals surface area contributed by atoms with Crippen molar-refractivity contribution >= 4 is 21.6 Å². The average molecular weight is 245 g/mol. The molecule has 5 heteroatoms. The number of nitrogens with zero attached hydrogens (tertiary/aromatic N) is 1. The van der Waals surface area contributed by atoms with E-state index in [2.05, 4.69) is 4.98 Å². The Bertz CT molecular complexity index is 376. The van der Waals surface area contributed by atoms with Crippen LogP contribution < -0.4 is 0 Å². The predicted molar refractivity (Wildman–Crippen MR) is 63.9 cm³/mol. The van der Waals surface area contributed by atoms with Crippen LogP contribution in [0.4, 0.5) is 0 Å². The van der Waals surface area contributed by atoms with Gasteiger partial charge in [0.05, 0.1) is 5.75 Å². The fraction of sp³-hybridized carbons (Fsp3) is 0.500. The first-order valence-electron chi connectivity index (χ1n) is 4.87. The topological polar surface area (TPSA) is 47.0 Å². The summed E-state index contributed by atoms with van der Waals surface area (Å²) in [6.07, 6.45) is 4.12. The zero-order chi connectivity index (χ0) is 11.1. The molecule has 0 radical (unpaired) electrons. The van der Waals surface area contributed by atoms with Crippen molar-refractivity contribution < 1.29 is 8.42 Å². The molecule has 0 unspecified atom stereocenters. The molecule has 0 aliphatic rings. The highest BCUT2D eigenvalue weighted by Gasteiger charge is 2.08. The van der Waals surface area contributed by atoms with Gasteiger partial charge in [-0.15, -0.1) is 11.8 Å². The van der Waals surface area contributed by atoms with Gasteiger partial charge in [-0.05, 0) is 18.6 Å². The summed E-state index contributed by atoms with van der Waals surface area (Å²) in [5.41, 5.74) is 0. The Hall–Kier alpha value is -0.550. The number of thioether (sulfide) groups is 1. The molecular weight excluding hydrogens is 230 g/mol. The molecule has 1 heterocycles. The van der Waals surface area contributed by atoms with Crippen molar-refractivity contribution in [3.05, 3.63) is 24.5 Å². The van der Waals surface area contributed by atoms with E-state index in [1.165, 1.54) is 0 Å². The molecule has 0 N–H and O–H groups in total. The van der Waals surface area contributed by atoms with Gasteiger partial charge >= 0.3 is 0 Å². The van der Waals surface area contributed by atoms with Crippen LogP contribution in [-0.2, 0) is 9.84 Å². The summed E-state index contributed by atoms with van der Waals surface area (Å²) in [7, 11) is -2.84. The third kappa shape index (κ3) is 5.18. The van der Waals surface area contributed by atoms with Crippen LogP contribution in [0, 0.1) is 0 Å². The highest BCUT2D eigenvalue weighted by Crippen LogP contribution is 2.16. The number of hydrogen-bond acceptors (Lipinski definition) is 4. The van der Waals surface area contributed by atoms with Crippen LogP contribution in [0.2, 0.25) is 0 Å². The molecule has 0 saturated carbocycles. The number of rotatable bonds is 6. The Labute approximate surface area is 95.2 Å². The molecule has 0 amide bonds. The summed E-state index contributed by atoms with van der Waals surface area (Å²) in [5.74, 6) is 1.17. The molecule has 0 spiro atoms. The fourth-order valence-electron chi connectivity index (χ4n) is 1.13. The Morgan fingerprint density at radius 1 is 1.27 bits per heavy atom. The lowest BCUT2D eigenvalue weighted by Gasteiger charge is -2.02. The lowest BCUT2D eigenvalue weighted by atomic mass is 10.5. The summed E-state index contributed by atoms with van der Waals surface area (Å²) >= 11 is 1.55. The smallest absolute Gasteiger partial charge is 0.151 e. The minimum Gasteiger partial charge on any atom is -0.265 e. The van der Waals surface area contributed by atoms with Crippen molar-refractivity contribution in [1.29, 1.82) is 0 Å². The molecule has 3 nitrogen and oxygen atoms in total. The van der Waals surface area contributed by atoms with Gasteiger partial charge in [-0.25, -0.2) is 8.42 Å². The van der Waals surface area contributed by atoms with Crippen LogP contribution in [0.15, 0.2) is 29.4 Å². The van der Waals surface area contributed by atoms with Crippen LogP contribution in [0.3, 0.4) is 0 Å². The van der Waals surface area contributed by atoms with Crippen molar-refractivity contribution in [3.8, 4) is 0 Å². The molecule has 1 aromatic rings. The van der Waals surface area contributed by atoms with Gasteiger partial charge in [0.1, 0.15) is 0 Å². The Morgan fingerprint density at radius 3 is 2.53 bits per heavy atom. The number of pyridine rings is 1. The third-order valence-electron chi connectivity index (χ3n) is 1.83. The summed E-state index contributed by atoms with van der Waals surface area (Å²) in [6, 6.07) is 3.77. The van der Waals surface area contributed by atoms with E-state index in [-0.39, 0.29) is 5.75 Å². The van der Waals surface area contributed by atoms with E-state index in [9.17, 15) is 8.42 Å². The molecule has 0 aromatic carbocycles. The molecule has 84 valence electrons. The maximum Gasteiger partial charge on any atom is 0.151 e. The highest BCUT2D eigenvalue weighted by molar-refractivity contribution is 8.00. The quantitative estimate of drug-likeness (QED) is 0.719. The maximum absolute atomic E-state index is 11.4. The van der Waals surface area contributed by atoms with Crippen molar-refractivity contribution in [2.45, 2.75) is 18.2 Å². The van der Waals surface area contributed by atoms with Gasteiger partial charge in [0.25, 0.3) is 0 Å². The zero-order valence-corrected chi connectivity index (χ0v) is 10.4. The van der Waals surface area contributed by atoms with Gasteiger partial charge in [0, 0.05) is 28.8 Å². The molecule has 1 rings (SSSR count). The van der Waals surface area contributed by atoms with E-state index < -0.39 is 9.84 Å². The van der Waals surface area contributed by atoms with E-state index in [0.717, 1.165) is 4.90 Å². The van der Waals surface area contributed by atoms with E-state index in [1.807, 2.05) is 19.1 Å². The maximum atomic E-state index is 11.4. The Kier molecular flexibility index (Phi) is 5.11. The molecule has 1 aromatic heterocycles. The SMILES string of the molecule is CCCS(=O)(=O)CCSc1ccncc1. The monoisotopic (exact) mass is 245 g/mol. The van der Waals surface area contributed by atoms with Gasteiger partial charge in [0.2, 0.25) is 0 Å². The minimum atomic E-state index is -2.84. The van der Waals surface area contributed by atoms with Gasteiger partial charge in [0.15, 0.2) is 9.84 Å². The van der Waals surface area contributed by atoms with Crippen LogP contribution in [0.5, 0.6) is 0 Å². The zero-order valence-electron chi connectivity index (χ0n) is 8.72. The Balaban J connectivity index is 2.34. The van der Waals surface area contributed by atoms with Crippen LogP contribution in [-0.4, -0.2) is 30.7 Å². The fourth-order valence-corrected chi connectivity index (χ4v) is 3.86. The molecular formula is C10H15NO2S2. The number of aromatic nitrogens is 1. The summed E-state index contributed by atoms with van der Waals surface area (Å²) in [6.45, 7) is 1.88. The van der Waals surface area contributed by atoms with Crippen molar-refractivity contribution in [2.24, 2.45) is 0 Å². The standard InChI is InChI=1S/C10H15NO2S2/c1-2-8-15(12,13)9-7-14-10-3-5-11-6-4-10/h3-6H,2,7-9H2,1H3. The second-order valence-corrected chi connectivity index (χ2v) is 6.66. The molecule has 0 aliphatic carbocycles. The largest absolute Gasteiger partial charge is 0.265 e. The number of sulfone groups is 1. The minimum absolute atomic E-state index is 0.258. The lowest BCUT2D eigenvalue weighted by Crippen LogP contribution is -2.12. The van der Waals surface area contributed by atoms with Crippen molar-refractivity contribution in [3.63, 3.8) is 0 Å². The van der Waals surface area contributed by atoms with Crippen molar-refractivity contribution in [2.75, 3.05) is 17.3 Å². The summed E-state index contributed by atoms with van der Waals surface area (Å²) in [4.78, 5) is 4.97. The summed E-state index contributed by atoms with van der Waals surface area (Å²) < 4.78 is 22.8. The second kappa shape index (κ2) is 6.12. The van der Waals surface area contributed by atoms with Gasteiger partial charge < -0.3 is 0 Å². The highest BCUT2D eigenvalue weighted by atomic mass is 32.2. The lowest BCUT2D eigenvalue weighted by molar-refractivity contribution is 0.596. The van der Waals surface area contributed by atoms with E-state index >= 15 is 0 Å². The molecule has 0 aliphatic heterocycles. The van der Waals surface area contributed by atoms with Crippen molar-refractivity contribution in [1.82, 2.24) is 4.98 Å². The first-order chi connectivity index (χ1) is 7.14. The van der Waals surface area contributed by atoms with E-state index in [4.69, 9.17) is 0 Å². The molecule has 0 atom stereocenters. The third-order valence-corrected chi connectivity index (χ3v) is 4.96. The van der Waals surface area contributed by atoms with Crippen LogP contribution >= 0.6 is 11.8 Å². The molecule has 0 fully saturated rings.